The van der Waals surface area contributed by atoms with Crippen LogP contribution in [0.3, 0.4) is 0 Å². The highest BCUT2D eigenvalue weighted by Crippen LogP contribution is 2.25. The number of benzene rings is 1. The number of nitrogens with one attached hydrogen (secondary N) is 1. The van der Waals surface area contributed by atoms with Gasteiger partial charge < -0.3 is 16.8 Å². The van der Waals surface area contributed by atoms with E-state index in [1.807, 2.05) is 22.6 Å². The fourth-order valence-electron chi connectivity index (χ4n) is 1.49. The van der Waals surface area contributed by atoms with Crippen molar-refractivity contribution in [1.82, 2.24) is 4.98 Å². The van der Waals surface area contributed by atoms with Crippen LogP contribution in [0.2, 0.25) is 0 Å². The number of anilines is 3. The van der Waals surface area contributed by atoms with E-state index in [0.717, 1.165) is 0 Å². The molecule has 0 spiro atoms. The Morgan fingerprint density at radius 3 is 2.74 bits per heavy atom. The second-order valence-corrected chi connectivity index (χ2v) is 4.94. The first-order valence-electron chi connectivity index (χ1n) is 5.25. The molecule has 19 heavy (non-hydrogen) atoms. The molecule has 0 aliphatic rings. The smallest absolute Gasteiger partial charge is 0.252 e. The number of carbonyl (C=O) groups excluding carboxylic acids is 1. The van der Waals surface area contributed by atoms with Crippen LogP contribution in [0.1, 0.15) is 10.4 Å². The molecule has 2 rings (SSSR count). The van der Waals surface area contributed by atoms with Crippen molar-refractivity contribution in [2.75, 3.05) is 11.1 Å². The number of rotatable bonds is 3. The third-order valence-electron chi connectivity index (χ3n) is 2.36. The monoisotopic (exact) mass is 372 g/mol. The van der Waals surface area contributed by atoms with E-state index in [1.54, 1.807) is 6.07 Å². The molecule has 0 unspecified atom stereocenters. The fraction of sp³-hybridized carbons (Fsp3) is 0. The molecule has 7 heteroatoms. The van der Waals surface area contributed by atoms with Gasteiger partial charge in [-0.2, -0.15) is 0 Å². The Bertz CT molecular complexity index is 648. The molecule has 0 radical (unpaired) electrons. The van der Waals surface area contributed by atoms with Gasteiger partial charge in [-0.3, -0.25) is 4.79 Å². The van der Waals surface area contributed by atoms with E-state index in [0.29, 0.717) is 14.9 Å². The molecule has 0 saturated heterocycles. The maximum absolute atomic E-state index is 13.0. The summed E-state index contributed by atoms with van der Waals surface area (Å²) in [6.07, 6.45) is 1.41. The Morgan fingerprint density at radius 1 is 1.37 bits per heavy atom. The van der Waals surface area contributed by atoms with Crippen molar-refractivity contribution in [2.24, 2.45) is 5.73 Å². The molecule has 1 amide bonds. The van der Waals surface area contributed by atoms with E-state index in [2.05, 4.69) is 10.3 Å². The van der Waals surface area contributed by atoms with Gasteiger partial charge in [0.05, 0.1) is 23.1 Å². The summed E-state index contributed by atoms with van der Waals surface area (Å²) in [6, 6.07) is 5.67. The maximum Gasteiger partial charge on any atom is 0.252 e. The van der Waals surface area contributed by atoms with Crippen LogP contribution in [0.15, 0.2) is 30.5 Å². The van der Waals surface area contributed by atoms with Crippen LogP contribution < -0.4 is 16.8 Å². The number of pyridine rings is 1. The number of hydrogen-bond donors (Lipinski definition) is 3. The summed E-state index contributed by atoms with van der Waals surface area (Å²) in [5, 5.41) is 2.93. The topological polar surface area (TPSA) is 94.0 Å². The zero-order valence-corrected chi connectivity index (χ0v) is 11.8. The molecule has 1 aromatic carbocycles. The average molecular weight is 372 g/mol. The summed E-state index contributed by atoms with van der Waals surface area (Å²) >= 11 is 1.98. The lowest BCUT2D eigenvalue weighted by molar-refractivity contribution is 0.100. The second-order valence-electron chi connectivity index (χ2n) is 3.78. The number of nitrogen functional groups attached to an aromatic ring is 1. The molecule has 0 bridgehead atoms. The predicted octanol–water partition coefficient (Wildman–Crippen LogP) is 2.25. The van der Waals surface area contributed by atoms with Crippen LogP contribution >= 0.6 is 22.6 Å². The lowest BCUT2D eigenvalue weighted by Gasteiger charge is -2.11. The van der Waals surface area contributed by atoms with Crippen molar-refractivity contribution in [3.8, 4) is 0 Å². The first-order chi connectivity index (χ1) is 8.97. The summed E-state index contributed by atoms with van der Waals surface area (Å²) in [6.45, 7) is 0. The van der Waals surface area contributed by atoms with Crippen molar-refractivity contribution in [3.05, 3.63) is 45.4 Å². The standard InChI is InChI=1S/C12H10FIN4O/c13-6-1-2-10(9(14)3-6)18-12-8(11(16)19)4-7(15)5-17-12/h1-5H,15H2,(H2,16,19)(H,17,18). The minimum Gasteiger partial charge on any atom is -0.397 e. The van der Waals surface area contributed by atoms with Gasteiger partial charge >= 0.3 is 0 Å². The number of hydrogen-bond acceptors (Lipinski definition) is 4. The molecule has 0 saturated carbocycles. The molecule has 5 nitrogen and oxygen atoms in total. The van der Waals surface area contributed by atoms with Gasteiger partial charge in [0.25, 0.3) is 5.91 Å². The Labute approximate surface area is 122 Å². The highest BCUT2D eigenvalue weighted by molar-refractivity contribution is 14.1. The van der Waals surface area contributed by atoms with E-state index < -0.39 is 5.91 Å². The number of amides is 1. The van der Waals surface area contributed by atoms with Crippen molar-refractivity contribution < 1.29 is 9.18 Å². The van der Waals surface area contributed by atoms with Gasteiger partial charge in [0, 0.05) is 3.57 Å². The minimum atomic E-state index is -0.639. The van der Waals surface area contributed by atoms with Crippen LogP contribution in [-0.4, -0.2) is 10.9 Å². The first-order valence-corrected chi connectivity index (χ1v) is 6.32. The van der Waals surface area contributed by atoms with Crippen molar-refractivity contribution in [3.63, 3.8) is 0 Å². The van der Waals surface area contributed by atoms with Crippen LogP contribution in [0.4, 0.5) is 21.6 Å². The largest absolute Gasteiger partial charge is 0.397 e. The zero-order valence-electron chi connectivity index (χ0n) is 9.65. The number of aromatic nitrogens is 1. The first kappa shape index (κ1) is 13.5. The molecule has 0 aliphatic heterocycles. The van der Waals surface area contributed by atoms with Crippen LogP contribution in [0, 0.1) is 9.39 Å². The Morgan fingerprint density at radius 2 is 2.11 bits per heavy atom. The lowest BCUT2D eigenvalue weighted by Crippen LogP contribution is -2.15. The minimum absolute atomic E-state index is 0.181. The van der Waals surface area contributed by atoms with E-state index >= 15 is 0 Å². The molecule has 1 aromatic heterocycles. The number of primary amides is 1. The molecule has 0 aliphatic carbocycles. The van der Waals surface area contributed by atoms with E-state index in [4.69, 9.17) is 11.5 Å². The van der Waals surface area contributed by atoms with Gasteiger partial charge in [0.1, 0.15) is 11.6 Å². The highest BCUT2D eigenvalue weighted by Gasteiger charge is 2.12. The number of nitrogens with two attached hydrogens (primary N) is 2. The summed E-state index contributed by atoms with van der Waals surface area (Å²) in [5.74, 6) is -0.694. The lowest BCUT2D eigenvalue weighted by atomic mass is 10.2. The fourth-order valence-corrected chi connectivity index (χ4v) is 2.10. The van der Waals surface area contributed by atoms with Crippen molar-refractivity contribution >= 4 is 45.7 Å². The predicted molar refractivity (Wildman–Crippen MR) is 79.6 cm³/mol. The summed E-state index contributed by atoms with van der Waals surface area (Å²) < 4.78 is 13.7. The van der Waals surface area contributed by atoms with Crippen LogP contribution in [-0.2, 0) is 0 Å². The molecule has 98 valence electrons. The van der Waals surface area contributed by atoms with Crippen LogP contribution in [0.5, 0.6) is 0 Å². The SMILES string of the molecule is NC(=O)c1cc(N)cnc1Nc1ccc(F)cc1I. The zero-order chi connectivity index (χ0) is 14.0. The number of carbonyl (C=O) groups is 1. The molecular formula is C12H10FIN4O. The molecular weight excluding hydrogens is 362 g/mol. The van der Waals surface area contributed by atoms with Gasteiger partial charge in [-0.1, -0.05) is 0 Å². The molecule has 2 aromatic rings. The van der Waals surface area contributed by atoms with Crippen LogP contribution in [0.25, 0.3) is 0 Å². The Balaban J connectivity index is 2.40. The third kappa shape index (κ3) is 3.11. The summed E-state index contributed by atoms with van der Waals surface area (Å²) in [5.41, 5.74) is 12.0. The summed E-state index contributed by atoms with van der Waals surface area (Å²) in [7, 11) is 0. The Hall–Kier alpha value is -1.90. The van der Waals surface area contributed by atoms with Gasteiger partial charge in [-0.25, -0.2) is 9.37 Å². The van der Waals surface area contributed by atoms with Gasteiger partial charge in [-0.05, 0) is 46.9 Å². The summed E-state index contributed by atoms with van der Waals surface area (Å²) in [4.78, 5) is 15.4. The quantitative estimate of drug-likeness (QED) is 0.721. The highest BCUT2D eigenvalue weighted by atomic mass is 127. The molecule has 5 N–H and O–H groups in total. The molecule has 0 atom stereocenters. The van der Waals surface area contributed by atoms with Gasteiger partial charge in [-0.15, -0.1) is 0 Å². The van der Waals surface area contributed by atoms with E-state index in [9.17, 15) is 9.18 Å². The van der Waals surface area contributed by atoms with Gasteiger partial charge in [0.15, 0.2) is 0 Å². The third-order valence-corrected chi connectivity index (χ3v) is 3.25. The van der Waals surface area contributed by atoms with E-state index in [-0.39, 0.29) is 17.2 Å². The maximum atomic E-state index is 13.0. The molecule has 0 fully saturated rings. The normalized spacial score (nSPS) is 10.2. The van der Waals surface area contributed by atoms with Crippen molar-refractivity contribution in [2.45, 2.75) is 0 Å². The van der Waals surface area contributed by atoms with Crippen molar-refractivity contribution in [1.29, 1.82) is 0 Å². The average Bonchev–Trinajstić information content (AvgIpc) is 2.34. The molecule has 1 heterocycles. The van der Waals surface area contributed by atoms with Gasteiger partial charge in [0.2, 0.25) is 0 Å². The number of halogens is 2. The number of nitrogens with zero attached hydrogens (tertiary/aromatic N) is 1. The second kappa shape index (κ2) is 5.39. The van der Waals surface area contributed by atoms with E-state index in [1.165, 1.54) is 24.4 Å². The Kier molecular flexibility index (Phi) is 3.84.